The van der Waals surface area contributed by atoms with E-state index in [1.54, 1.807) is 29.2 Å². The first-order valence-corrected chi connectivity index (χ1v) is 14.8. The van der Waals surface area contributed by atoms with Gasteiger partial charge in [0.25, 0.3) is 5.91 Å². The zero-order valence-corrected chi connectivity index (χ0v) is 25.1. The second kappa shape index (κ2) is 14.4. The zero-order valence-electron chi connectivity index (χ0n) is 25.1. The molecule has 44 heavy (non-hydrogen) atoms. The molecule has 0 spiro atoms. The molecule has 1 amide bonds. The summed E-state index contributed by atoms with van der Waals surface area (Å²) in [4.78, 5) is 27.3. The number of aliphatic carboxylic acids is 1. The van der Waals surface area contributed by atoms with E-state index in [0.29, 0.717) is 45.9 Å². The number of carboxylic acids is 1. The van der Waals surface area contributed by atoms with E-state index in [9.17, 15) is 28.6 Å². The Hall–Kier alpha value is -4.34. The second-order valence-corrected chi connectivity index (χ2v) is 11.1. The molecule has 2 unspecified atom stereocenters. The Kier molecular flexibility index (Phi) is 10.7. The summed E-state index contributed by atoms with van der Waals surface area (Å²) in [6, 6.07) is 20.8. The summed E-state index contributed by atoms with van der Waals surface area (Å²) < 4.78 is 30.2. The number of anilines is 1. The smallest absolute Gasteiger partial charge is 0.305 e. The Labute approximate surface area is 256 Å². The summed E-state index contributed by atoms with van der Waals surface area (Å²) in [7, 11) is 0. The van der Waals surface area contributed by atoms with Crippen LogP contribution < -0.4 is 4.90 Å². The van der Waals surface area contributed by atoms with E-state index in [2.05, 4.69) is 0 Å². The van der Waals surface area contributed by atoms with E-state index in [1.807, 2.05) is 55.7 Å². The number of nitrogens with zero attached hydrogens (tertiary/aromatic N) is 2. The summed E-state index contributed by atoms with van der Waals surface area (Å²) in [5, 5.41) is 29.9. The van der Waals surface area contributed by atoms with Crippen LogP contribution in [0.1, 0.15) is 62.3 Å². The number of aliphatic hydroxyl groups is 2. The number of carbonyl (C=O) groups excluding carboxylic acids is 1. The fourth-order valence-corrected chi connectivity index (χ4v) is 5.69. The molecule has 0 saturated carbocycles. The molecule has 4 rings (SSSR count). The quantitative estimate of drug-likeness (QED) is 0.155. The van der Waals surface area contributed by atoms with Gasteiger partial charge in [-0.3, -0.25) is 9.59 Å². The van der Waals surface area contributed by atoms with Crippen molar-refractivity contribution in [2.24, 2.45) is 0 Å². The van der Waals surface area contributed by atoms with E-state index in [0.717, 1.165) is 0 Å². The summed E-state index contributed by atoms with van der Waals surface area (Å²) in [6.07, 6.45) is -2.44. The van der Waals surface area contributed by atoms with Crippen LogP contribution in [0, 0.1) is 11.6 Å². The molecule has 9 heteroatoms. The van der Waals surface area contributed by atoms with Crippen molar-refractivity contribution in [2.75, 3.05) is 11.4 Å². The van der Waals surface area contributed by atoms with Gasteiger partial charge in [0.1, 0.15) is 17.3 Å². The highest BCUT2D eigenvalue weighted by atomic mass is 19.1. The third-order valence-corrected chi connectivity index (χ3v) is 7.59. The average molecular weight is 605 g/mol. The molecule has 4 aromatic rings. The number of carboxylic acid groups (broad SMARTS) is 1. The maximum atomic E-state index is 14.6. The predicted molar refractivity (Wildman–Crippen MR) is 167 cm³/mol. The first-order chi connectivity index (χ1) is 21.0. The average Bonchev–Trinajstić information content (AvgIpc) is 3.32. The van der Waals surface area contributed by atoms with Crippen molar-refractivity contribution in [3.05, 3.63) is 102 Å². The highest BCUT2D eigenvalue weighted by Crippen LogP contribution is 2.43. The third kappa shape index (κ3) is 7.41. The number of benzene rings is 3. The topological polar surface area (TPSA) is 103 Å². The van der Waals surface area contributed by atoms with Crippen LogP contribution in [-0.4, -0.2) is 50.5 Å². The van der Waals surface area contributed by atoms with Gasteiger partial charge in [0.05, 0.1) is 18.6 Å². The van der Waals surface area contributed by atoms with Gasteiger partial charge in [-0.25, -0.2) is 8.78 Å². The molecule has 1 aromatic heterocycles. The van der Waals surface area contributed by atoms with Crippen molar-refractivity contribution in [3.63, 3.8) is 0 Å². The van der Waals surface area contributed by atoms with Crippen LogP contribution in [0.4, 0.5) is 14.5 Å². The highest BCUT2D eigenvalue weighted by Gasteiger charge is 2.33. The van der Waals surface area contributed by atoms with Gasteiger partial charge in [0, 0.05) is 35.1 Å². The molecular weight excluding hydrogens is 566 g/mol. The number of carbonyl (C=O) groups is 2. The lowest BCUT2D eigenvalue weighted by molar-refractivity contribution is -0.139. The molecule has 0 radical (unpaired) electrons. The number of aromatic nitrogens is 1. The fourth-order valence-electron chi connectivity index (χ4n) is 5.69. The summed E-state index contributed by atoms with van der Waals surface area (Å²) in [5.74, 6) is -2.31. The Bertz CT molecular complexity index is 1570. The first kappa shape index (κ1) is 32.6. The van der Waals surface area contributed by atoms with Crippen molar-refractivity contribution in [3.8, 4) is 22.3 Å². The lowest BCUT2D eigenvalue weighted by Crippen LogP contribution is -2.33. The van der Waals surface area contributed by atoms with Gasteiger partial charge in [0.2, 0.25) is 0 Å². The van der Waals surface area contributed by atoms with Crippen molar-refractivity contribution in [1.29, 1.82) is 0 Å². The molecule has 0 saturated heterocycles. The van der Waals surface area contributed by atoms with Gasteiger partial charge >= 0.3 is 5.97 Å². The molecule has 0 aliphatic carbocycles. The van der Waals surface area contributed by atoms with Gasteiger partial charge in [-0.05, 0) is 87.6 Å². The van der Waals surface area contributed by atoms with E-state index in [1.165, 1.54) is 24.3 Å². The van der Waals surface area contributed by atoms with E-state index < -0.39 is 36.2 Å². The molecule has 0 aliphatic rings. The Morgan fingerprint density at radius 2 is 1.36 bits per heavy atom. The summed E-state index contributed by atoms with van der Waals surface area (Å²) >= 11 is 0. The van der Waals surface area contributed by atoms with Gasteiger partial charge in [-0.1, -0.05) is 42.5 Å². The van der Waals surface area contributed by atoms with Crippen molar-refractivity contribution in [2.45, 2.75) is 64.7 Å². The molecule has 232 valence electrons. The van der Waals surface area contributed by atoms with Crippen LogP contribution in [0.15, 0.2) is 78.9 Å². The maximum absolute atomic E-state index is 14.6. The SMILES string of the molecule is CCN(C(=O)c1c(-c2ccc(F)cc2)c(-c2ccc(F)cc2)c(CCC(O)CC(O)CC(=O)O)n1C(C)C)c1ccccc1. The summed E-state index contributed by atoms with van der Waals surface area (Å²) in [6.45, 7) is 6.13. The number of aliphatic hydroxyl groups excluding tert-OH is 2. The van der Waals surface area contributed by atoms with Crippen LogP contribution in [0.2, 0.25) is 0 Å². The molecule has 0 bridgehead atoms. The number of hydrogen-bond acceptors (Lipinski definition) is 4. The van der Waals surface area contributed by atoms with Crippen LogP contribution in [0.5, 0.6) is 0 Å². The molecule has 1 heterocycles. The van der Waals surface area contributed by atoms with Crippen LogP contribution in [0.3, 0.4) is 0 Å². The lowest BCUT2D eigenvalue weighted by atomic mass is 9.92. The minimum absolute atomic E-state index is 0.130. The Balaban J connectivity index is 1.97. The Morgan fingerprint density at radius 3 is 1.86 bits per heavy atom. The normalized spacial score (nSPS) is 12.7. The lowest BCUT2D eigenvalue weighted by Gasteiger charge is -2.25. The van der Waals surface area contributed by atoms with Gasteiger partial charge in [-0.15, -0.1) is 0 Å². The second-order valence-electron chi connectivity index (χ2n) is 11.1. The van der Waals surface area contributed by atoms with Gasteiger partial charge in [0.15, 0.2) is 0 Å². The van der Waals surface area contributed by atoms with E-state index in [4.69, 9.17) is 5.11 Å². The number of amides is 1. The minimum Gasteiger partial charge on any atom is -0.481 e. The monoisotopic (exact) mass is 604 g/mol. The van der Waals surface area contributed by atoms with Crippen LogP contribution in [0.25, 0.3) is 22.3 Å². The first-order valence-electron chi connectivity index (χ1n) is 14.8. The fraction of sp³-hybridized carbons (Fsp3) is 0.314. The van der Waals surface area contributed by atoms with E-state index >= 15 is 0 Å². The molecule has 3 N–H and O–H groups in total. The predicted octanol–water partition coefficient (Wildman–Crippen LogP) is 6.87. The van der Waals surface area contributed by atoms with E-state index in [-0.39, 0.29) is 31.2 Å². The molecule has 7 nitrogen and oxygen atoms in total. The van der Waals surface area contributed by atoms with Crippen LogP contribution in [-0.2, 0) is 11.2 Å². The number of para-hydroxylation sites is 1. The third-order valence-electron chi connectivity index (χ3n) is 7.59. The van der Waals surface area contributed by atoms with Crippen molar-refractivity contribution in [1.82, 2.24) is 4.57 Å². The number of rotatable bonds is 13. The van der Waals surface area contributed by atoms with Gasteiger partial charge in [-0.2, -0.15) is 0 Å². The van der Waals surface area contributed by atoms with Crippen LogP contribution >= 0.6 is 0 Å². The zero-order chi connectivity index (χ0) is 32.0. The van der Waals surface area contributed by atoms with Gasteiger partial charge < -0.3 is 24.8 Å². The number of halogens is 2. The largest absolute Gasteiger partial charge is 0.481 e. The minimum atomic E-state index is -1.22. The Morgan fingerprint density at radius 1 is 0.818 bits per heavy atom. The molecule has 3 aromatic carbocycles. The van der Waals surface area contributed by atoms with Crippen molar-refractivity contribution >= 4 is 17.6 Å². The number of hydrogen-bond donors (Lipinski definition) is 3. The standard InChI is InChI=1S/C35H38F2N2O5/c1-4-38(27-8-6-5-7-9-27)35(44)34-33(24-12-16-26(37)17-13-24)32(23-10-14-25(36)15-11-23)30(39(34)22(2)3)19-18-28(40)20-29(41)21-31(42)43/h5-17,22,28-29,40-41H,4,18-21H2,1-3H3,(H,42,43). The molecule has 0 aliphatic heterocycles. The highest BCUT2D eigenvalue weighted by molar-refractivity contribution is 6.12. The molecule has 0 fully saturated rings. The molecular formula is C35H38F2N2O5. The van der Waals surface area contributed by atoms with Crippen molar-refractivity contribution < 1.29 is 33.7 Å². The summed E-state index contributed by atoms with van der Waals surface area (Å²) in [5.41, 5.74) is 4.20. The molecule has 2 atom stereocenters. The maximum Gasteiger partial charge on any atom is 0.305 e.